The van der Waals surface area contributed by atoms with E-state index >= 15 is 0 Å². The summed E-state index contributed by atoms with van der Waals surface area (Å²) in [6, 6.07) is 3.44. The van der Waals surface area contributed by atoms with Crippen LogP contribution in [0.15, 0.2) is 32.4 Å². The van der Waals surface area contributed by atoms with Crippen molar-refractivity contribution in [3.05, 3.63) is 50.7 Å². The minimum Gasteiger partial charge on any atom is -0.467 e. The maximum atomic E-state index is 12.5. The van der Waals surface area contributed by atoms with E-state index in [0.717, 1.165) is 4.57 Å². The lowest BCUT2D eigenvalue weighted by molar-refractivity contribution is 0.484. The largest absolute Gasteiger partial charge is 0.467 e. The number of aromatic nitrogens is 4. The highest BCUT2D eigenvalue weighted by molar-refractivity contribution is 5.76. The summed E-state index contributed by atoms with van der Waals surface area (Å²) in [5.74, 6) is 0.552. The Labute approximate surface area is 113 Å². The van der Waals surface area contributed by atoms with E-state index in [-0.39, 0.29) is 12.1 Å². The van der Waals surface area contributed by atoms with Crippen LogP contribution in [0.25, 0.3) is 11.0 Å². The van der Waals surface area contributed by atoms with Gasteiger partial charge in [-0.3, -0.25) is 14.0 Å². The zero-order valence-corrected chi connectivity index (χ0v) is 11.2. The van der Waals surface area contributed by atoms with E-state index in [2.05, 4.69) is 10.1 Å². The molecule has 0 radical (unpaired) electrons. The molecule has 3 aromatic rings. The molecule has 0 aliphatic heterocycles. The average Bonchev–Trinajstić information content (AvgIpc) is 3.03. The molecule has 0 unspecified atom stereocenters. The molecule has 3 rings (SSSR count). The molecular weight excluding hydrogens is 260 g/mol. The SMILES string of the molecule is CCn1nc(C)c2[nH]c(=O)n(Cc3ccco3)c(=O)c21. The number of hydrogen-bond donors (Lipinski definition) is 1. The average molecular weight is 274 g/mol. The normalized spacial score (nSPS) is 11.3. The summed E-state index contributed by atoms with van der Waals surface area (Å²) in [5, 5.41) is 4.26. The molecule has 0 aromatic carbocycles. The first kappa shape index (κ1) is 12.5. The molecule has 0 spiro atoms. The van der Waals surface area contributed by atoms with E-state index in [1.54, 1.807) is 23.7 Å². The first-order valence-electron chi connectivity index (χ1n) is 6.34. The van der Waals surface area contributed by atoms with Gasteiger partial charge in [-0.25, -0.2) is 4.79 Å². The molecule has 20 heavy (non-hydrogen) atoms. The Balaban J connectivity index is 2.28. The van der Waals surface area contributed by atoms with Gasteiger partial charge in [-0.2, -0.15) is 5.10 Å². The Bertz CT molecular complexity index is 868. The smallest absolute Gasteiger partial charge is 0.329 e. The molecule has 0 amide bonds. The monoisotopic (exact) mass is 274 g/mol. The number of fused-ring (bicyclic) bond motifs is 1. The fourth-order valence-electron chi connectivity index (χ4n) is 2.27. The lowest BCUT2D eigenvalue weighted by atomic mass is 10.3. The number of hydrogen-bond acceptors (Lipinski definition) is 4. The summed E-state index contributed by atoms with van der Waals surface area (Å²) in [6.07, 6.45) is 1.51. The van der Waals surface area contributed by atoms with Gasteiger partial charge in [0, 0.05) is 6.54 Å². The molecule has 0 atom stereocenters. The second-order valence-electron chi connectivity index (χ2n) is 4.53. The third-order valence-corrected chi connectivity index (χ3v) is 3.25. The standard InChI is InChI=1S/C13H14N4O3/c1-3-17-11-10(8(2)15-17)14-13(19)16(12(11)18)7-9-5-4-6-20-9/h4-6H,3,7H2,1-2H3,(H,14,19). The van der Waals surface area contributed by atoms with Crippen molar-refractivity contribution < 1.29 is 4.42 Å². The van der Waals surface area contributed by atoms with Gasteiger partial charge in [0.2, 0.25) is 0 Å². The molecule has 0 aliphatic carbocycles. The van der Waals surface area contributed by atoms with Crippen LogP contribution >= 0.6 is 0 Å². The third-order valence-electron chi connectivity index (χ3n) is 3.25. The van der Waals surface area contributed by atoms with Gasteiger partial charge in [0.15, 0.2) is 5.52 Å². The van der Waals surface area contributed by atoms with Crippen molar-refractivity contribution in [3.63, 3.8) is 0 Å². The number of aromatic amines is 1. The minimum atomic E-state index is -0.461. The number of aryl methyl sites for hydroxylation is 2. The Morgan fingerprint density at radius 1 is 1.40 bits per heavy atom. The van der Waals surface area contributed by atoms with Crippen molar-refractivity contribution in [2.24, 2.45) is 0 Å². The second-order valence-corrected chi connectivity index (χ2v) is 4.53. The molecule has 0 aliphatic rings. The van der Waals surface area contributed by atoms with Gasteiger partial charge in [-0.05, 0) is 26.0 Å². The van der Waals surface area contributed by atoms with Crippen LogP contribution in [0.1, 0.15) is 18.4 Å². The number of H-pyrrole nitrogens is 1. The topological polar surface area (TPSA) is 85.8 Å². The molecule has 3 aromatic heterocycles. The lowest BCUT2D eigenvalue weighted by Gasteiger charge is -2.04. The van der Waals surface area contributed by atoms with Crippen molar-refractivity contribution in [3.8, 4) is 0 Å². The Hall–Kier alpha value is -2.57. The highest BCUT2D eigenvalue weighted by atomic mass is 16.3. The van der Waals surface area contributed by atoms with Crippen LogP contribution in [-0.4, -0.2) is 19.3 Å². The van der Waals surface area contributed by atoms with E-state index in [1.165, 1.54) is 6.26 Å². The summed E-state index contributed by atoms with van der Waals surface area (Å²) >= 11 is 0. The van der Waals surface area contributed by atoms with Crippen molar-refractivity contribution >= 4 is 11.0 Å². The van der Waals surface area contributed by atoms with E-state index in [0.29, 0.717) is 29.0 Å². The molecule has 1 N–H and O–H groups in total. The first-order valence-corrected chi connectivity index (χ1v) is 6.34. The zero-order valence-electron chi connectivity index (χ0n) is 11.2. The summed E-state index contributed by atoms with van der Waals surface area (Å²) in [5.41, 5.74) is 0.732. The third kappa shape index (κ3) is 1.78. The van der Waals surface area contributed by atoms with E-state index in [4.69, 9.17) is 4.42 Å². The Kier molecular flexibility index (Phi) is 2.81. The van der Waals surface area contributed by atoms with Crippen LogP contribution < -0.4 is 11.2 Å². The van der Waals surface area contributed by atoms with E-state index < -0.39 is 5.69 Å². The minimum absolute atomic E-state index is 0.102. The zero-order chi connectivity index (χ0) is 14.3. The fourth-order valence-corrected chi connectivity index (χ4v) is 2.27. The summed E-state index contributed by atoms with van der Waals surface area (Å²) in [7, 11) is 0. The predicted molar refractivity (Wildman–Crippen MR) is 72.8 cm³/mol. The van der Waals surface area contributed by atoms with Gasteiger partial charge in [-0.15, -0.1) is 0 Å². The van der Waals surface area contributed by atoms with E-state index in [1.807, 2.05) is 6.92 Å². The molecule has 7 nitrogen and oxygen atoms in total. The number of nitrogens with zero attached hydrogens (tertiary/aromatic N) is 3. The molecule has 0 saturated carbocycles. The van der Waals surface area contributed by atoms with Crippen LogP contribution in [0.4, 0.5) is 0 Å². The van der Waals surface area contributed by atoms with Crippen molar-refractivity contribution in [2.75, 3.05) is 0 Å². The summed E-state index contributed by atoms with van der Waals surface area (Å²) in [6.45, 7) is 4.32. The molecule has 3 heterocycles. The number of nitrogens with one attached hydrogen (secondary N) is 1. The maximum Gasteiger partial charge on any atom is 0.329 e. The van der Waals surface area contributed by atoms with Gasteiger partial charge in [-0.1, -0.05) is 0 Å². The summed E-state index contributed by atoms with van der Waals surface area (Å²) < 4.78 is 7.90. The Morgan fingerprint density at radius 3 is 2.85 bits per heavy atom. The number of rotatable bonds is 3. The Morgan fingerprint density at radius 2 is 2.20 bits per heavy atom. The maximum absolute atomic E-state index is 12.5. The van der Waals surface area contributed by atoms with Crippen LogP contribution in [0, 0.1) is 6.92 Å². The van der Waals surface area contributed by atoms with Gasteiger partial charge in [0.1, 0.15) is 5.76 Å². The van der Waals surface area contributed by atoms with Crippen LogP contribution in [-0.2, 0) is 13.1 Å². The molecule has 0 saturated heterocycles. The molecule has 7 heteroatoms. The fraction of sp³-hybridized carbons (Fsp3) is 0.308. The van der Waals surface area contributed by atoms with Gasteiger partial charge < -0.3 is 9.40 Å². The van der Waals surface area contributed by atoms with Gasteiger partial charge >= 0.3 is 5.69 Å². The summed E-state index contributed by atoms with van der Waals surface area (Å²) in [4.78, 5) is 27.3. The molecular formula is C13H14N4O3. The quantitative estimate of drug-likeness (QED) is 0.767. The van der Waals surface area contributed by atoms with Gasteiger partial charge in [0.25, 0.3) is 5.56 Å². The highest BCUT2D eigenvalue weighted by Crippen LogP contribution is 2.10. The van der Waals surface area contributed by atoms with Crippen molar-refractivity contribution in [2.45, 2.75) is 26.9 Å². The van der Waals surface area contributed by atoms with Crippen LogP contribution in [0.2, 0.25) is 0 Å². The van der Waals surface area contributed by atoms with Gasteiger partial charge in [0.05, 0.1) is 24.0 Å². The van der Waals surface area contributed by atoms with E-state index in [9.17, 15) is 9.59 Å². The lowest BCUT2D eigenvalue weighted by Crippen LogP contribution is -2.36. The second kappa shape index (κ2) is 4.52. The van der Waals surface area contributed by atoms with Crippen LogP contribution in [0.3, 0.4) is 0 Å². The van der Waals surface area contributed by atoms with Crippen molar-refractivity contribution in [1.82, 2.24) is 19.3 Å². The predicted octanol–water partition coefficient (Wildman–Crippen LogP) is 0.856. The highest BCUT2D eigenvalue weighted by Gasteiger charge is 2.15. The van der Waals surface area contributed by atoms with Crippen molar-refractivity contribution in [1.29, 1.82) is 0 Å². The van der Waals surface area contributed by atoms with Crippen LogP contribution in [0.5, 0.6) is 0 Å². The number of furan rings is 1. The first-order chi connectivity index (χ1) is 9.61. The molecule has 0 fully saturated rings. The molecule has 0 bridgehead atoms. The molecule has 104 valence electrons.